The smallest absolute Gasteiger partial charge is 0.227 e. The van der Waals surface area contributed by atoms with Crippen molar-refractivity contribution in [2.45, 2.75) is 12.8 Å². The van der Waals surface area contributed by atoms with Crippen LogP contribution in [0, 0.1) is 11.3 Å². The number of methoxy groups -OCH3 is 1. The Bertz CT molecular complexity index is 782. The van der Waals surface area contributed by atoms with Crippen molar-refractivity contribution >= 4 is 15.9 Å². The molecule has 144 valence electrons. The Morgan fingerprint density at radius 2 is 2.15 bits per heavy atom. The molecular weight excluding hydrogens is 356 g/mol. The van der Waals surface area contributed by atoms with Crippen LogP contribution < -0.4 is 4.74 Å². The van der Waals surface area contributed by atoms with Crippen LogP contribution in [-0.2, 0) is 21.2 Å². The average molecular weight is 382 g/mol. The van der Waals surface area contributed by atoms with Gasteiger partial charge in [0.2, 0.25) is 15.9 Å². The first-order valence-electron chi connectivity index (χ1n) is 8.74. The van der Waals surface area contributed by atoms with Crippen LogP contribution in [0.3, 0.4) is 0 Å². The number of aliphatic hydroxyl groups excluding tert-OH is 1. The lowest BCUT2D eigenvalue weighted by Gasteiger charge is -2.43. The highest BCUT2D eigenvalue weighted by Gasteiger charge is 2.52. The fraction of sp³-hybridized carbons (Fsp3) is 0.611. The number of fused-ring (bicyclic) bond motifs is 1. The normalized spacial score (nSPS) is 26.6. The number of carbonyl (C=O) groups is 1. The van der Waals surface area contributed by atoms with E-state index >= 15 is 0 Å². The van der Waals surface area contributed by atoms with Gasteiger partial charge in [0.1, 0.15) is 5.75 Å². The van der Waals surface area contributed by atoms with Crippen molar-refractivity contribution in [2.75, 3.05) is 46.2 Å². The molecular formula is C18H26N2O5S. The van der Waals surface area contributed by atoms with Gasteiger partial charge in [-0.2, -0.15) is 0 Å². The number of benzene rings is 1. The standard InChI is InChI=1S/C18H26N2O5S/c1-25-16-5-3-4-14(8-16)9-17(22)19-7-6-15-10-20(26(2,23)24)12-18(15,11-19)13-21/h3-5,8,15,21H,6-7,9-13H2,1-2H3. The number of hydrogen-bond acceptors (Lipinski definition) is 5. The molecule has 0 aliphatic carbocycles. The van der Waals surface area contributed by atoms with E-state index in [2.05, 4.69) is 0 Å². The van der Waals surface area contributed by atoms with E-state index in [1.165, 1.54) is 10.6 Å². The molecule has 7 nitrogen and oxygen atoms in total. The summed E-state index contributed by atoms with van der Waals surface area (Å²) in [4.78, 5) is 14.5. The summed E-state index contributed by atoms with van der Waals surface area (Å²) in [5.41, 5.74) is 0.310. The number of hydrogen-bond donors (Lipinski definition) is 1. The van der Waals surface area contributed by atoms with Crippen LogP contribution in [0.15, 0.2) is 24.3 Å². The number of rotatable bonds is 5. The lowest BCUT2D eigenvalue weighted by Crippen LogP contribution is -2.53. The van der Waals surface area contributed by atoms with Gasteiger partial charge >= 0.3 is 0 Å². The Kier molecular flexibility index (Phi) is 5.28. The summed E-state index contributed by atoms with van der Waals surface area (Å²) >= 11 is 0. The maximum absolute atomic E-state index is 12.8. The zero-order valence-corrected chi connectivity index (χ0v) is 16.0. The van der Waals surface area contributed by atoms with Crippen LogP contribution in [0.2, 0.25) is 0 Å². The van der Waals surface area contributed by atoms with Gasteiger partial charge in [-0.05, 0) is 30.0 Å². The van der Waals surface area contributed by atoms with Crippen molar-refractivity contribution in [1.29, 1.82) is 0 Å². The highest BCUT2D eigenvalue weighted by molar-refractivity contribution is 7.88. The molecule has 0 spiro atoms. The predicted octanol–water partition coefficient (Wildman–Crippen LogP) is 0.340. The number of nitrogens with zero attached hydrogens (tertiary/aromatic N) is 2. The molecule has 2 heterocycles. The second-order valence-corrected chi connectivity index (χ2v) is 9.39. The van der Waals surface area contributed by atoms with Crippen molar-refractivity contribution in [3.63, 3.8) is 0 Å². The van der Waals surface area contributed by atoms with E-state index in [1.54, 1.807) is 12.0 Å². The molecule has 2 unspecified atom stereocenters. The number of likely N-dealkylation sites (tertiary alicyclic amines) is 1. The molecule has 8 heteroatoms. The summed E-state index contributed by atoms with van der Waals surface area (Å²) in [6.45, 7) is 1.57. The van der Waals surface area contributed by atoms with Gasteiger partial charge in [0.05, 0.1) is 26.4 Å². The minimum Gasteiger partial charge on any atom is -0.497 e. The molecule has 2 fully saturated rings. The lowest BCUT2D eigenvalue weighted by atomic mass is 9.74. The van der Waals surface area contributed by atoms with Gasteiger partial charge in [0.25, 0.3) is 0 Å². The predicted molar refractivity (Wildman–Crippen MR) is 97.3 cm³/mol. The maximum atomic E-state index is 12.8. The van der Waals surface area contributed by atoms with E-state index in [-0.39, 0.29) is 31.4 Å². The fourth-order valence-corrected chi connectivity index (χ4v) is 5.04. The highest BCUT2D eigenvalue weighted by atomic mass is 32.2. The summed E-state index contributed by atoms with van der Waals surface area (Å²) in [5.74, 6) is 0.783. The van der Waals surface area contributed by atoms with E-state index < -0.39 is 15.4 Å². The number of piperidine rings is 1. The van der Waals surface area contributed by atoms with Crippen LogP contribution in [0.1, 0.15) is 12.0 Å². The Balaban J connectivity index is 1.72. The Labute approximate surface area is 154 Å². The first kappa shape index (κ1) is 19.1. The van der Waals surface area contributed by atoms with Gasteiger partial charge in [-0.3, -0.25) is 4.79 Å². The third kappa shape index (κ3) is 3.72. The zero-order chi connectivity index (χ0) is 18.9. The topological polar surface area (TPSA) is 87.2 Å². The molecule has 1 aromatic carbocycles. The van der Waals surface area contributed by atoms with Gasteiger partial charge in [0, 0.05) is 31.6 Å². The lowest BCUT2D eigenvalue weighted by molar-refractivity contribution is -0.135. The molecule has 0 aromatic heterocycles. The number of sulfonamides is 1. The first-order chi connectivity index (χ1) is 12.3. The molecule has 0 bridgehead atoms. The minimum absolute atomic E-state index is 0.0117. The maximum Gasteiger partial charge on any atom is 0.227 e. The quantitative estimate of drug-likeness (QED) is 0.794. The van der Waals surface area contributed by atoms with Gasteiger partial charge in [-0.1, -0.05) is 12.1 Å². The molecule has 1 N–H and O–H groups in total. The fourth-order valence-electron chi connectivity index (χ4n) is 4.10. The van der Waals surface area contributed by atoms with Gasteiger partial charge in [-0.25, -0.2) is 12.7 Å². The van der Waals surface area contributed by atoms with Crippen molar-refractivity contribution in [1.82, 2.24) is 9.21 Å². The Morgan fingerprint density at radius 1 is 1.38 bits per heavy atom. The summed E-state index contributed by atoms with van der Waals surface area (Å²) in [6.07, 6.45) is 2.16. The van der Waals surface area contributed by atoms with Gasteiger partial charge in [-0.15, -0.1) is 0 Å². The van der Waals surface area contributed by atoms with Gasteiger partial charge in [0.15, 0.2) is 0 Å². The first-order valence-corrected chi connectivity index (χ1v) is 10.6. The summed E-state index contributed by atoms with van der Waals surface area (Å²) in [7, 11) is -1.71. The Hall–Kier alpha value is -1.64. The average Bonchev–Trinajstić information content (AvgIpc) is 3.01. The molecule has 1 aromatic rings. The SMILES string of the molecule is COc1cccc(CC(=O)N2CCC3CN(S(C)(=O)=O)CC3(CO)C2)c1. The molecule has 2 aliphatic rings. The van der Waals surface area contributed by atoms with Gasteiger partial charge < -0.3 is 14.7 Å². The van der Waals surface area contributed by atoms with Crippen molar-refractivity contribution < 1.29 is 23.1 Å². The molecule has 2 aliphatic heterocycles. The van der Waals surface area contributed by atoms with Crippen molar-refractivity contribution in [2.24, 2.45) is 11.3 Å². The molecule has 0 saturated carbocycles. The second kappa shape index (κ2) is 7.17. The molecule has 2 saturated heterocycles. The number of aliphatic hydroxyl groups is 1. The summed E-state index contributed by atoms with van der Waals surface area (Å²) in [6, 6.07) is 7.41. The second-order valence-electron chi connectivity index (χ2n) is 7.41. The minimum atomic E-state index is -3.30. The molecule has 2 atom stereocenters. The molecule has 3 rings (SSSR count). The van der Waals surface area contributed by atoms with Crippen molar-refractivity contribution in [3.05, 3.63) is 29.8 Å². The molecule has 0 radical (unpaired) electrons. The molecule has 1 amide bonds. The van der Waals surface area contributed by atoms with E-state index in [1.807, 2.05) is 24.3 Å². The van der Waals surface area contributed by atoms with Crippen molar-refractivity contribution in [3.8, 4) is 5.75 Å². The Morgan fingerprint density at radius 3 is 2.81 bits per heavy atom. The highest BCUT2D eigenvalue weighted by Crippen LogP contribution is 2.42. The van der Waals surface area contributed by atoms with E-state index in [0.717, 1.165) is 5.56 Å². The van der Waals surface area contributed by atoms with Crippen LogP contribution >= 0.6 is 0 Å². The number of carbonyl (C=O) groups excluding carboxylic acids is 1. The van der Waals surface area contributed by atoms with E-state index in [0.29, 0.717) is 31.8 Å². The van der Waals surface area contributed by atoms with Crippen LogP contribution in [0.4, 0.5) is 0 Å². The number of amides is 1. The summed E-state index contributed by atoms with van der Waals surface area (Å²) in [5, 5.41) is 10.0. The van der Waals surface area contributed by atoms with E-state index in [4.69, 9.17) is 4.74 Å². The molecule has 26 heavy (non-hydrogen) atoms. The van der Waals surface area contributed by atoms with Crippen LogP contribution in [-0.4, -0.2) is 74.8 Å². The van der Waals surface area contributed by atoms with E-state index in [9.17, 15) is 18.3 Å². The number of ether oxygens (including phenoxy) is 1. The summed E-state index contributed by atoms with van der Waals surface area (Å²) < 4.78 is 30.4. The largest absolute Gasteiger partial charge is 0.497 e. The van der Waals surface area contributed by atoms with Crippen LogP contribution in [0.25, 0.3) is 0 Å². The zero-order valence-electron chi connectivity index (χ0n) is 15.2. The third-order valence-electron chi connectivity index (χ3n) is 5.66. The third-order valence-corrected chi connectivity index (χ3v) is 6.88. The van der Waals surface area contributed by atoms with Crippen LogP contribution in [0.5, 0.6) is 5.75 Å². The monoisotopic (exact) mass is 382 g/mol.